The largest absolute Gasteiger partial charge is 0.494 e. The lowest BCUT2D eigenvalue weighted by atomic mass is 10.1. The Balaban J connectivity index is 1.69. The van der Waals surface area contributed by atoms with E-state index in [-0.39, 0.29) is 12.6 Å². The molecule has 3 aromatic rings. The van der Waals surface area contributed by atoms with Crippen LogP contribution in [-0.2, 0) is 0 Å². The molecular formula is C24H19BrN2O4. The van der Waals surface area contributed by atoms with Crippen molar-refractivity contribution >= 4 is 39.3 Å². The highest BCUT2D eigenvalue weighted by Gasteiger charge is 2.37. The van der Waals surface area contributed by atoms with Crippen molar-refractivity contribution in [3.63, 3.8) is 0 Å². The minimum atomic E-state index is -0.417. The molecule has 0 saturated heterocycles. The molecule has 0 saturated carbocycles. The van der Waals surface area contributed by atoms with Crippen LogP contribution in [0.3, 0.4) is 0 Å². The second-order valence-electron chi connectivity index (χ2n) is 6.89. The number of imide groups is 1. The van der Waals surface area contributed by atoms with Crippen molar-refractivity contribution in [1.82, 2.24) is 4.90 Å². The summed E-state index contributed by atoms with van der Waals surface area (Å²) in [7, 11) is 0. The lowest BCUT2D eigenvalue weighted by Gasteiger charge is -2.27. The van der Waals surface area contributed by atoms with Crippen molar-refractivity contribution in [3.8, 4) is 5.75 Å². The van der Waals surface area contributed by atoms with Gasteiger partial charge in [0.2, 0.25) is 0 Å². The third kappa shape index (κ3) is 4.09. The van der Waals surface area contributed by atoms with Gasteiger partial charge in [-0.1, -0.05) is 28.1 Å². The van der Waals surface area contributed by atoms with Crippen LogP contribution >= 0.6 is 15.9 Å². The van der Waals surface area contributed by atoms with E-state index in [0.29, 0.717) is 34.7 Å². The Morgan fingerprint density at radius 1 is 0.903 bits per heavy atom. The second kappa shape index (κ2) is 8.73. The Morgan fingerprint density at radius 2 is 1.48 bits per heavy atom. The fraction of sp³-hybridized carbons (Fsp3) is 0.125. The predicted octanol–water partition coefficient (Wildman–Crippen LogP) is 4.75. The molecule has 7 heteroatoms. The average Bonchev–Trinajstić information content (AvgIpc) is 3.03. The number of fused-ring (bicyclic) bond motifs is 1. The second-order valence-corrected chi connectivity index (χ2v) is 7.81. The summed E-state index contributed by atoms with van der Waals surface area (Å²) in [6.07, 6.45) is 0. The van der Waals surface area contributed by atoms with Crippen molar-refractivity contribution < 1.29 is 19.1 Å². The number of rotatable bonds is 6. The van der Waals surface area contributed by atoms with Gasteiger partial charge in [0, 0.05) is 15.7 Å². The maximum atomic E-state index is 13.4. The fourth-order valence-corrected chi connectivity index (χ4v) is 3.67. The van der Waals surface area contributed by atoms with E-state index < -0.39 is 11.8 Å². The number of carbonyl (C=O) groups excluding carboxylic acids is 3. The fourth-order valence-electron chi connectivity index (χ4n) is 3.41. The third-order valence-corrected chi connectivity index (χ3v) is 5.49. The summed E-state index contributed by atoms with van der Waals surface area (Å²) in [4.78, 5) is 41.6. The molecule has 0 fully saturated rings. The lowest BCUT2D eigenvalue weighted by Crippen LogP contribution is -2.44. The maximum Gasteiger partial charge on any atom is 0.263 e. The number of halogens is 1. The number of nitrogens with zero attached hydrogens (tertiary/aromatic N) is 2. The van der Waals surface area contributed by atoms with Crippen molar-refractivity contribution in [2.45, 2.75) is 6.92 Å². The van der Waals surface area contributed by atoms with E-state index in [9.17, 15) is 14.4 Å². The average molecular weight is 479 g/mol. The molecular weight excluding hydrogens is 460 g/mol. The van der Waals surface area contributed by atoms with E-state index in [1.807, 2.05) is 6.92 Å². The van der Waals surface area contributed by atoms with Crippen LogP contribution in [0.2, 0.25) is 0 Å². The van der Waals surface area contributed by atoms with E-state index in [1.54, 1.807) is 72.8 Å². The van der Waals surface area contributed by atoms with Crippen molar-refractivity contribution in [2.24, 2.45) is 0 Å². The lowest BCUT2D eigenvalue weighted by molar-refractivity contribution is 0.0650. The molecule has 3 aromatic carbocycles. The van der Waals surface area contributed by atoms with Gasteiger partial charge in [0.25, 0.3) is 17.7 Å². The molecule has 31 heavy (non-hydrogen) atoms. The zero-order chi connectivity index (χ0) is 22.0. The van der Waals surface area contributed by atoms with Crippen LogP contribution in [0.1, 0.15) is 38.0 Å². The normalized spacial score (nSPS) is 12.6. The van der Waals surface area contributed by atoms with E-state index >= 15 is 0 Å². The molecule has 156 valence electrons. The highest BCUT2D eigenvalue weighted by atomic mass is 79.9. The molecule has 0 bridgehead atoms. The number of hydrogen-bond donors (Lipinski definition) is 0. The zero-order valence-electron chi connectivity index (χ0n) is 16.7. The summed E-state index contributed by atoms with van der Waals surface area (Å²) in [6.45, 7) is 2.21. The first-order valence-corrected chi connectivity index (χ1v) is 10.5. The molecule has 4 rings (SSSR count). The van der Waals surface area contributed by atoms with Crippen LogP contribution in [0.5, 0.6) is 5.75 Å². The quantitative estimate of drug-likeness (QED) is 0.479. The number of anilines is 1. The summed E-state index contributed by atoms with van der Waals surface area (Å²) in [5, 5.41) is 0. The summed E-state index contributed by atoms with van der Waals surface area (Å²) >= 11 is 3.37. The molecule has 1 aliphatic heterocycles. The minimum Gasteiger partial charge on any atom is -0.494 e. The van der Waals surface area contributed by atoms with Gasteiger partial charge in [-0.2, -0.15) is 0 Å². The van der Waals surface area contributed by atoms with Crippen molar-refractivity contribution in [2.75, 3.05) is 18.2 Å². The van der Waals surface area contributed by atoms with Gasteiger partial charge in [0.1, 0.15) is 12.4 Å². The monoisotopic (exact) mass is 478 g/mol. The standard InChI is InChI=1S/C24H19BrN2O4/c1-2-31-19-13-11-18(12-14-19)26(22(28)16-7-9-17(25)10-8-16)15-27-23(29)20-5-3-4-6-21(20)24(27)30/h3-14H,2,15H2,1H3. The van der Waals surface area contributed by atoms with Crippen LogP contribution in [0, 0.1) is 0 Å². The smallest absolute Gasteiger partial charge is 0.263 e. The first-order valence-electron chi connectivity index (χ1n) is 9.75. The summed E-state index contributed by atoms with van der Waals surface area (Å²) < 4.78 is 6.33. The summed E-state index contributed by atoms with van der Waals surface area (Å²) in [5.74, 6) is -0.489. The van der Waals surface area contributed by atoms with E-state index in [4.69, 9.17) is 4.74 Å². The first-order chi connectivity index (χ1) is 15.0. The molecule has 0 spiro atoms. The molecule has 0 N–H and O–H groups in total. The summed E-state index contributed by atoms with van der Waals surface area (Å²) in [6, 6.07) is 20.6. The Hall–Kier alpha value is -3.45. The van der Waals surface area contributed by atoms with Crippen molar-refractivity contribution in [3.05, 3.63) is 94.0 Å². The SMILES string of the molecule is CCOc1ccc(N(CN2C(=O)c3ccccc3C2=O)C(=O)c2ccc(Br)cc2)cc1. The van der Waals surface area contributed by atoms with E-state index in [0.717, 1.165) is 9.37 Å². The van der Waals surface area contributed by atoms with Crippen LogP contribution in [-0.4, -0.2) is 35.9 Å². The van der Waals surface area contributed by atoms with Crippen LogP contribution < -0.4 is 9.64 Å². The minimum absolute atomic E-state index is 0.199. The number of ether oxygens (including phenoxy) is 1. The zero-order valence-corrected chi connectivity index (χ0v) is 18.3. The highest BCUT2D eigenvalue weighted by molar-refractivity contribution is 9.10. The number of amides is 3. The molecule has 6 nitrogen and oxygen atoms in total. The Kier molecular flexibility index (Phi) is 5.86. The first kappa shape index (κ1) is 20.8. The predicted molar refractivity (Wildman–Crippen MR) is 120 cm³/mol. The molecule has 0 aliphatic carbocycles. The summed E-state index contributed by atoms with van der Waals surface area (Å²) in [5.41, 5.74) is 1.67. The molecule has 1 heterocycles. The highest BCUT2D eigenvalue weighted by Crippen LogP contribution is 2.27. The Labute approximate surface area is 188 Å². The molecule has 1 aliphatic rings. The van der Waals surface area contributed by atoms with Gasteiger partial charge in [-0.05, 0) is 67.6 Å². The van der Waals surface area contributed by atoms with Crippen LogP contribution in [0.15, 0.2) is 77.3 Å². The Morgan fingerprint density at radius 3 is 2.03 bits per heavy atom. The molecule has 0 atom stereocenters. The van der Waals surface area contributed by atoms with E-state index in [1.165, 1.54) is 4.90 Å². The van der Waals surface area contributed by atoms with Gasteiger partial charge in [-0.15, -0.1) is 0 Å². The van der Waals surface area contributed by atoms with Gasteiger partial charge in [-0.3, -0.25) is 24.2 Å². The molecule has 0 aromatic heterocycles. The van der Waals surface area contributed by atoms with E-state index in [2.05, 4.69) is 15.9 Å². The van der Waals surface area contributed by atoms with Gasteiger partial charge < -0.3 is 4.74 Å². The Bertz CT molecular complexity index is 1110. The number of hydrogen-bond acceptors (Lipinski definition) is 4. The molecule has 0 radical (unpaired) electrons. The van der Waals surface area contributed by atoms with Gasteiger partial charge >= 0.3 is 0 Å². The topological polar surface area (TPSA) is 66.9 Å². The van der Waals surface area contributed by atoms with Crippen molar-refractivity contribution in [1.29, 1.82) is 0 Å². The van der Waals surface area contributed by atoms with Crippen LogP contribution in [0.4, 0.5) is 5.69 Å². The van der Waals surface area contributed by atoms with Gasteiger partial charge in [0.15, 0.2) is 0 Å². The maximum absolute atomic E-state index is 13.4. The third-order valence-electron chi connectivity index (χ3n) is 4.96. The van der Waals surface area contributed by atoms with Crippen LogP contribution in [0.25, 0.3) is 0 Å². The van der Waals surface area contributed by atoms with Gasteiger partial charge in [0.05, 0.1) is 17.7 Å². The molecule has 3 amide bonds. The molecule has 0 unspecified atom stereocenters. The number of benzene rings is 3. The number of carbonyl (C=O) groups is 3. The van der Waals surface area contributed by atoms with Gasteiger partial charge in [-0.25, -0.2) is 0 Å².